The maximum Gasteiger partial charge on any atom is 0.220 e. The van der Waals surface area contributed by atoms with Crippen LogP contribution in [0.15, 0.2) is 0 Å². The van der Waals surface area contributed by atoms with Gasteiger partial charge in [-0.1, -0.05) is 19.8 Å². The standard InChI is InChI=1S/C8H15NO/c1-6-3-2-4-7(5-6)8(9)10/h6-7H,2-5H2,1H3,(H2,9,10)/t6-,7-/m0/s1. The summed E-state index contributed by atoms with van der Waals surface area (Å²) in [4.78, 5) is 10.7. The molecule has 0 spiro atoms. The van der Waals surface area contributed by atoms with Crippen molar-refractivity contribution in [3.63, 3.8) is 0 Å². The summed E-state index contributed by atoms with van der Waals surface area (Å²) in [7, 11) is 0. The fourth-order valence-electron chi connectivity index (χ4n) is 1.69. The summed E-state index contributed by atoms with van der Waals surface area (Å²) in [5.74, 6) is 0.765. The Kier molecular flexibility index (Phi) is 2.30. The normalized spacial score (nSPS) is 33.7. The van der Waals surface area contributed by atoms with Gasteiger partial charge in [0, 0.05) is 5.92 Å². The Morgan fingerprint density at radius 1 is 1.50 bits per heavy atom. The molecule has 0 aliphatic heterocycles. The van der Waals surface area contributed by atoms with E-state index in [1.807, 2.05) is 0 Å². The molecular formula is C8H15NO. The Bertz CT molecular complexity index is 133. The lowest BCUT2D eigenvalue weighted by atomic mass is 9.82. The Labute approximate surface area is 61.8 Å². The molecule has 1 aliphatic carbocycles. The molecule has 0 unspecified atom stereocenters. The quantitative estimate of drug-likeness (QED) is 0.587. The Morgan fingerprint density at radius 3 is 2.60 bits per heavy atom. The van der Waals surface area contributed by atoms with Crippen LogP contribution in [0.25, 0.3) is 0 Å². The van der Waals surface area contributed by atoms with E-state index in [4.69, 9.17) is 5.73 Å². The van der Waals surface area contributed by atoms with Crippen LogP contribution in [0.3, 0.4) is 0 Å². The van der Waals surface area contributed by atoms with Crippen molar-refractivity contribution in [2.45, 2.75) is 32.6 Å². The summed E-state index contributed by atoms with van der Waals surface area (Å²) >= 11 is 0. The molecule has 58 valence electrons. The highest BCUT2D eigenvalue weighted by molar-refractivity contribution is 5.76. The first kappa shape index (κ1) is 7.58. The minimum atomic E-state index is -0.105. The van der Waals surface area contributed by atoms with Crippen LogP contribution in [0.5, 0.6) is 0 Å². The van der Waals surface area contributed by atoms with Crippen molar-refractivity contribution in [1.29, 1.82) is 0 Å². The van der Waals surface area contributed by atoms with E-state index in [9.17, 15) is 4.79 Å². The molecule has 0 aromatic rings. The van der Waals surface area contributed by atoms with Crippen LogP contribution in [0, 0.1) is 11.8 Å². The molecule has 0 radical (unpaired) electrons. The molecule has 0 aromatic heterocycles. The van der Waals surface area contributed by atoms with E-state index in [0.717, 1.165) is 12.8 Å². The van der Waals surface area contributed by atoms with E-state index >= 15 is 0 Å². The monoisotopic (exact) mass is 141 g/mol. The van der Waals surface area contributed by atoms with Gasteiger partial charge >= 0.3 is 0 Å². The minimum absolute atomic E-state index is 0.105. The number of rotatable bonds is 1. The number of hydrogen-bond donors (Lipinski definition) is 1. The van der Waals surface area contributed by atoms with Crippen molar-refractivity contribution < 1.29 is 4.79 Å². The molecule has 2 atom stereocenters. The van der Waals surface area contributed by atoms with E-state index in [-0.39, 0.29) is 11.8 Å². The zero-order valence-electron chi connectivity index (χ0n) is 6.47. The molecule has 0 heterocycles. The smallest absolute Gasteiger partial charge is 0.220 e. The third-order valence-electron chi connectivity index (χ3n) is 2.34. The predicted molar refractivity (Wildman–Crippen MR) is 40.3 cm³/mol. The molecule has 0 saturated heterocycles. The minimum Gasteiger partial charge on any atom is -0.369 e. The molecule has 1 aliphatic rings. The summed E-state index contributed by atoms with van der Waals surface area (Å²) in [6.07, 6.45) is 4.47. The highest BCUT2D eigenvalue weighted by Gasteiger charge is 2.22. The van der Waals surface area contributed by atoms with Gasteiger partial charge in [-0.05, 0) is 18.8 Å². The van der Waals surface area contributed by atoms with Crippen LogP contribution >= 0.6 is 0 Å². The third-order valence-corrected chi connectivity index (χ3v) is 2.34. The SMILES string of the molecule is C[C@H]1CCC[C@H](C(N)=O)C1. The van der Waals surface area contributed by atoms with Gasteiger partial charge < -0.3 is 5.73 Å². The topological polar surface area (TPSA) is 43.1 Å². The average molecular weight is 141 g/mol. The van der Waals surface area contributed by atoms with E-state index in [0.29, 0.717) is 5.92 Å². The van der Waals surface area contributed by atoms with Crippen molar-refractivity contribution >= 4 is 5.91 Å². The van der Waals surface area contributed by atoms with E-state index in [1.54, 1.807) is 0 Å². The van der Waals surface area contributed by atoms with Crippen molar-refractivity contribution in [3.05, 3.63) is 0 Å². The molecule has 1 fully saturated rings. The van der Waals surface area contributed by atoms with Gasteiger partial charge in [-0.3, -0.25) is 4.79 Å². The lowest BCUT2D eigenvalue weighted by molar-refractivity contribution is -0.123. The van der Waals surface area contributed by atoms with Gasteiger partial charge in [0.1, 0.15) is 0 Å². The lowest BCUT2D eigenvalue weighted by Gasteiger charge is -2.23. The van der Waals surface area contributed by atoms with Gasteiger partial charge in [-0.2, -0.15) is 0 Å². The van der Waals surface area contributed by atoms with Gasteiger partial charge in [0.15, 0.2) is 0 Å². The van der Waals surface area contributed by atoms with Crippen LogP contribution in [0.2, 0.25) is 0 Å². The zero-order valence-corrected chi connectivity index (χ0v) is 6.47. The largest absolute Gasteiger partial charge is 0.369 e. The first-order valence-electron chi connectivity index (χ1n) is 3.99. The maximum atomic E-state index is 10.7. The molecule has 1 amide bonds. The summed E-state index contributed by atoms with van der Waals surface area (Å²) < 4.78 is 0. The first-order chi connectivity index (χ1) is 4.70. The number of hydrogen-bond acceptors (Lipinski definition) is 1. The van der Waals surface area contributed by atoms with Crippen LogP contribution in [-0.4, -0.2) is 5.91 Å². The Morgan fingerprint density at radius 2 is 2.20 bits per heavy atom. The summed E-state index contributed by atoms with van der Waals surface area (Å²) in [6.45, 7) is 2.19. The molecule has 2 nitrogen and oxygen atoms in total. The van der Waals surface area contributed by atoms with Gasteiger partial charge in [0.25, 0.3) is 0 Å². The van der Waals surface area contributed by atoms with Gasteiger partial charge in [-0.25, -0.2) is 0 Å². The maximum absolute atomic E-state index is 10.7. The number of nitrogens with two attached hydrogens (primary N) is 1. The summed E-state index contributed by atoms with van der Waals surface area (Å²) in [5, 5.41) is 0. The predicted octanol–water partition coefficient (Wildman–Crippen LogP) is 1.30. The van der Waals surface area contributed by atoms with Crippen molar-refractivity contribution in [2.75, 3.05) is 0 Å². The fraction of sp³-hybridized carbons (Fsp3) is 0.875. The molecule has 1 saturated carbocycles. The third kappa shape index (κ3) is 1.72. The van der Waals surface area contributed by atoms with Crippen molar-refractivity contribution in [2.24, 2.45) is 17.6 Å². The average Bonchev–Trinajstić information content (AvgIpc) is 1.88. The van der Waals surface area contributed by atoms with Crippen LogP contribution < -0.4 is 5.73 Å². The lowest BCUT2D eigenvalue weighted by Crippen LogP contribution is -2.27. The second-order valence-electron chi connectivity index (χ2n) is 3.37. The van der Waals surface area contributed by atoms with E-state index in [1.165, 1.54) is 12.8 Å². The Hall–Kier alpha value is -0.530. The van der Waals surface area contributed by atoms with Crippen molar-refractivity contribution in [3.8, 4) is 0 Å². The molecule has 2 heteroatoms. The molecule has 10 heavy (non-hydrogen) atoms. The summed E-state index contributed by atoms with van der Waals surface area (Å²) in [6, 6.07) is 0. The van der Waals surface area contributed by atoms with Gasteiger partial charge in [0.05, 0.1) is 0 Å². The Balaban J connectivity index is 2.39. The van der Waals surface area contributed by atoms with E-state index in [2.05, 4.69) is 6.92 Å². The number of carbonyl (C=O) groups excluding carboxylic acids is 1. The molecule has 1 rings (SSSR count). The fourth-order valence-corrected chi connectivity index (χ4v) is 1.69. The number of primary amides is 1. The van der Waals surface area contributed by atoms with Crippen LogP contribution in [-0.2, 0) is 4.79 Å². The molecule has 2 N–H and O–H groups in total. The van der Waals surface area contributed by atoms with Gasteiger partial charge in [-0.15, -0.1) is 0 Å². The second kappa shape index (κ2) is 3.04. The molecule has 0 bridgehead atoms. The molecular weight excluding hydrogens is 126 g/mol. The highest BCUT2D eigenvalue weighted by Crippen LogP contribution is 2.27. The highest BCUT2D eigenvalue weighted by atomic mass is 16.1. The number of carbonyl (C=O) groups is 1. The van der Waals surface area contributed by atoms with Crippen LogP contribution in [0.4, 0.5) is 0 Å². The van der Waals surface area contributed by atoms with Gasteiger partial charge in [0.2, 0.25) is 5.91 Å². The molecule has 0 aromatic carbocycles. The van der Waals surface area contributed by atoms with Crippen LogP contribution in [0.1, 0.15) is 32.6 Å². The van der Waals surface area contributed by atoms with E-state index < -0.39 is 0 Å². The zero-order chi connectivity index (χ0) is 7.56. The summed E-state index contributed by atoms with van der Waals surface area (Å²) in [5.41, 5.74) is 5.19. The number of amides is 1. The second-order valence-corrected chi connectivity index (χ2v) is 3.37. The van der Waals surface area contributed by atoms with Crippen molar-refractivity contribution in [1.82, 2.24) is 0 Å². The first-order valence-corrected chi connectivity index (χ1v) is 3.99.